The zero-order valence-electron chi connectivity index (χ0n) is 14.3. The zero-order valence-corrected chi connectivity index (χ0v) is 17.4. The van der Waals surface area contributed by atoms with Crippen molar-refractivity contribution in [3.63, 3.8) is 0 Å². The smallest absolute Gasteiger partial charge is 0.170 e. The standard InChI is InChI=1S/C21H18BrCl2NO/c1-14-18(21(26-25-14)16-8-10-17(22)11-9-16)6-4-2-3-5-15-7-12-19(23)20(24)13-15/h3,5,7-13H,2,4,6H2,1H3. The highest BCUT2D eigenvalue weighted by molar-refractivity contribution is 9.10. The molecule has 0 saturated heterocycles. The molecule has 26 heavy (non-hydrogen) atoms. The number of aromatic nitrogens is 1. The molecule has 0 N–H and O–H groups in total. The quantitative estimate of drug-likeness (QED) is 0.358. The van der Waals surface area contributed by atoms with Crippen molar-refractivity contribution in [2.24, 2.45) is 0 Å². The van der Waals surface area contributed by atoms with Crippen molar-refractivity contribution in [3.8, 4) is 11.3 Å². The maximum absolute atomic E-state index is 6.04. The molecular formula is C21H18BrCl2NO. The van der Waals surface area contributed by atoms with Crippen molar-refractivity contribution in [3.05, 3.63) is 79.9 Å². The summed E-state index contributed by atoms with van der Waals surface area (Å²) in [5.74, 6) is 0.864. The lowest BCUT2D eigenvalue weighted by molar-refractivity contribution is 0.426. The molecule has 134 valence electrons. The van der Waals surface area contributed by atoms with E-state index in [2.05, 4.69) is 33.2 Å². The highest BCUT2D eigenvalue weighted by Gasteiger charge is 2.14. The Hall–Kier alpha value is -1.55. The first kappa shape index (κ1) is 19.2. The average Bonchev–Trinajstić information content (AvgIpc) is 2.99. The van der Waals surface area contributed by atoms with Gasteiger partial charge in [-0.1, -0.05) is 74.6 Å². The average molecular weight is 451 g/mol. The van der Waals surface area contributed by atoms with Crippen LogP contribution < -0.4 is 0 Å². The Morgan fingerprint density at radius 3 is 2.58 bits per heavy atom. The monoisotopic (exact) mass is 449 g/mol. The lowest BCUT2D eigenvalue weighted by Gasteiger charge is -2.02. The van der Waals surface area contributed by atoms with Gasteiger partial charge >= 0.3 is 0 Å². The lowest BCUT2D eigenvalue weighted by atomic mass is 10.0. The number of halogens is 3. The van der Waals surface area contributed by atoms with E-state index in [9.17, 15) is 0 Å². The van der Waals surface area contributed by atoms with Crippen molar-refractivity contribution in [1.29, 1.82) is 0 Å². The molecule has 0 aliphatic heterocycles. The van der Waals surface area contributed by atoms with Gasteiger partial charge in [0.1, 0.15) is 0 Å². The number of allylic oxidation sites excluding steroid dienone is 1. The first-order valence-electron chi connectivity index (χ1n) is 8.37. The second-order valence-electron chi connectivity index (χ2n) is 6.05. The normalized spacial score (nSPS) is 11.4. The number of hydrogen-bond acceptors (Lipinski definition) is 2. The highest BCUT2D eigenvalue weighted by atomic mass is 79.9. The van der Waals surface area contributed by atoms with Crippen LogP contribution in [0.25, 0.3) is 17.4 Å². The number of rotatable bonds is 6. The van der Waals surface area contributed by atoms with Gasteiger partial charge in [0.05, 0.1) is 15.7 Å². The number of aryl methyl sites for hydroxylation is 1. The van der Waals surface area contributed by atoms with Crippen molar-refractivity contribution < 1.29 is 4.52 Å². The van der Waals surface area contributed by atoms with Crippen LogP contribution in [0.1, 0.15) is 29.7 Å². The second kappa shape index (κ2) is 8.90. The molecule has 0 bridgehead atoms. The predicted octanol–water partition coefficient (Wildman–Crippen LogP) is 7.76. The highest BCUT2D eigenvalue weighted by Crippen LogP contribution is 2.29. The van der Waals surface area contributed by atoms with E-state index in [4.69, 9.17) is 27.7 Å². The van der Waals surface area contributed by atoms with E-state index >= 15 is 0 Å². The summed E-state index contributed by atoms with van der Waals surface area (Å²) in [7, 11) is 0. The molecule has 2 aromatic carbocycles. The Balaban J connectivity index is 1.61. The van der Waals surface area contributed by atoms with Gasteiger partial charge in [0, 0.05) is 15.6 Å². The van der Waals surface area contributed by atoms with Gasteiger partial charge in [-0.05, 0) is 56.0 Å². The Morgan fingerprint density at radius 2 is 1.85 bits per heavy atom. The molecule has 0 unspecified atom stereocenters. The largest absolute Gasteiger partial charge is 0.356 e. The summed E-state index contributed by atoms with van der Waals surface area (Å²) in [5, 5.41) is 5.30. The first-order chi connectivity index (χ1) is 12.5. The summed E-state index contributed by atoms with van der Waals surface area (Å²) in [6, 6.07) is 13.7. The van der Waals surface area contributed by atoms with Crippen LogP contribution in [0.2, 0.25) is 10.0 Å². The predicted molar refractivity (Wildman–Crippen MR) is 113 cm³/mol. The van der Waals surface area contributed by atoms with E-state index in [1.54, 1.807) is 0 Å². The Kier molecular flexibility index (Phi) is 6.58. The second-order valence-corrected chi connectivity index (χ2v) is 7.78. The Labute approximate surface area is 171 Å². The minimum absolute atomic E-state index is 0.576. The van der Waals surface area contributed by atoms with Crippen molar-refractivity contribution >= 4 is 45.2 Å². The van der Waals surface area contributed by atoms with E-state index in [-0.39, 0.29) is 0 Å². The summed E-state index contributed by atoms with van der Waals surface area (Å²) in [4.78, 5) is 0. The molecule has 0 fully saturated rings. The van der Waals surface area contributed by atoms with Crippen LogP contribution in [0.15, 0.2) is 57.5 Å². The van der Waals surface area contributed by atoms with E-state index in [0.717, 1.165) is 46.3 Å². The van der Waals surface area contributed by atoms with Crippen LogP contribution in [0.3, 0.4) is 0 Å². The van der Waals surface area contributed by atoms with Gasteiger partial charge in [-0.15, -0.1) is 0 Å². The SMILES string of the molecule is Cc1noc(-c2ccc(Br)cc2)c1CCCC=Cc1ccc(Cl)c(Cl)c1. The maximum Gasteiger partial charge on any atom is 0.170 e. The number of hydrogen-bond donors (Lipinski definition) is 0. The van der Waals surface area contributed by atoms with Crippen molar-refractivity contribution in [1.82, 2.24) is 5.16 Å². The summed E-state index contributed by atoms with van der Waals surface area (Å²) in [6.07, 6.45) is 7.13. The molecule has 0 atom stereocenters. The van der Waals surface area contributed by atoms with Gasteiger partial charge in [-0.3, -0.25) is 0 Å². The maximum atomic E-state index is 6.04. The van der Waals surface area contributed by atoms with Gasteiger partial charge in [0.15, 0.2) is 5.76 Å². The molecule has 1 aromatic heterocycles. The zero-order chi connectivity index (χ0) is 18.5. The summed E-state index contributed by atoms with van der Waals surface area (Å²) < 4.78 is 6.61. The third-order valence-corrected chi connectivity index (χ3v) is 5.41. The number of unbranched alkanes of at least 4 members (excludes halogenated alkanes) is 1. The van der Waals surface area contributed by atoms with E-state index in [0.29, 0.717) is 10.0 Å². The molecule has 3 aromatic rings. The molecule has 0 aliphatic carbocycles. The summed E-state index contributed by atoms with van der Waals surface area (Å²) >= 11 is 15.4. The van der Waals surface area contributed by atoms with E-state index in [1.807, 2.05) is 49.4 Å². The fourth-order valence-corrected chi connectivity index (χ4v) is 3.31. The molecule has 0 saturated carbocycles. The van der Waals surface area contributed by atoms with Gasteiger partial charge in [-0.25, -0.2) is 0 Å². The lowest BCUT2D eigenvalue weighted by Crippen LogP contribution is -1.89. The summed E-state index contributed by atoms with van der Waals surface area (Å²) in [6.45, 7) is 1.99. The van der Waals surface area contributed by atoms with Gasteiger partial charge in [0.2, 0.25) is 0 Å². The number of benzene rings is 2. The minimum Gasteiger partial charge on any atom is -0.356 e. The van der Waals surface area contributed by atoms with Crippen LogP contribution >= 0.6 is 39.1 Å². The third kappa shape index (κ3) is 4.79. The van der Waals surface area contributed by atoms with E-state index in [1.165, 1.54) is 5.56 Å². The molecular weight excluding hydrogens is 433 g/mol. The Morgan fingerprint density at radius 1 is 1.08 bits per heavy atom. The molecule has 0 spiro atoms. The molecule has 1 heterocycles. The van der Waals surface area contributed by atoms with Gasteiger partial charge in [0.25, 0.3) is 0 Å². The van der Waals surface area contributed by atoms with Crippen LogP contribution in [-0.4, -0.2) is 5.16 Å². The van der Waals surface area contributed by atoms with Crippen molar-refractivity contribution in [2.75, 3.05) is 0 Å². The van der Waals surface area contributed by atoms with Gasteiger partial charge in [-0.2, -0.15) is 0 Å². The third-order valence-electron chi connectivity index (χ3n) is 4.14. The van der Waals surface area contributed by atoms with Crippen LogP contribution in [0, 0.1) is 6.92 Å². The van der Waals surface area contributed by atoms with Crippen LogP contribution in [0.4, 0.5) is 0 Å². The van der Waals surface area contributed by atoms with Crippen LogP contribution in [0.5, 0.6) is 0 Å². The summed E-state index contributed by atoms with van der Waals surface area (Å²) in [5.41, 5.74) is 4.23. The molecule has 0 aliphatic rings. The fourth-order valence-electron chi connectivity index (χ4n) is 2.74. The molecule has 0 amide bonds. The van der Waals surface area contributed by atoms with E-state index < -0.39 is 0 Å². The molecule has 3 rings (SSSR count). The van der Waals surface area contributed by atoms with Gasteiger partial charge < -0.3 is 4.52 Å². The number of nitrogens with zero attached hydrogens (tertiary/aromatic N) is 1. The topological polar surface area (TPSA) is 26.0 Å². The minimum atomic E-state index is 0.576. The molecule has 5 heteroatoms. The van der Waals surface area contributed by atoms with Crippen molar-refractivity contribution in [2.45, 2.75) is 26.2 Å². The molecule has 0 radical (unpaired) electrons. The van der Waals surface area contributed by atoms with Crippen LogP contribution in [-0.2, 0) is 6.42 Å². The fraction of sp³-hybridized carbons (Fsp3) is 0.190. The molecule has 2 nitrogen and oxygen atoms in total. The Bertz CT molecular complexity index is 916. The first-order valence-corrected chi connectivity index (χ1v) is 9.92.